The summed E-state index contributed by atoms with van der Waals surface area (Å²) in [6, 6.07) is 23.1. The third-order valence-corrected chi connectivity index (χ3v) is 5.03. The maximum absolute atomic E-state index is 13.1. The first-order chi connectivity index (χ1) is 16.6. The molecule has 0 aliphatic rings. The summed E-state index contributed by atoms with van der Waals surface area (Å²) in [5.41, 5.74) is 4.80. The van der Waals surface area contributed by atoms with E-state index < -0.39 is 5.91 Å². The van der Waals surface area contributed by atoms with Crippen LogP contribution in [0, 0.1) is 0 Å². The van der Waals surface area contributed by atoms with Gasteiger partial charge in [0.2, 0.25) is 5.78 Å². The average Bonchev–Trinajstić information content (AvgIpc) is 3.32. The number of hydrogen-bond acceptors (Lipinski definition) is 6. The molecule has 0 bridgehead atoms. The molecule has 1 N–H and O–H groups in total. The molecule has 4 aromatic rings. The molecular formula is C26H22N4O4. The fourth-order valence-corrected chi connectivity index (χ4v) is 3.30. The molecule has 0 radical (unpaired) electrons. The fourth-order valence-electron chi connectivity index (χ4n) is 3.30. The Hall–Kier alpha value is -4.72. The highest BCUT2D eigenvalue weighted by Crippen LogP contribution is 2.27. The predicted octanol–water partition coefficient (Wildman–Crippen LogP) is 3.88. The third-order valence-electron chi connectivity index (χ3n) is 5.03. The van der Waals surface area contributed by atoms with Crippen molar-refractivity contribution in [2.75, 3.05) is 14.2 Å². The second-order valence-corrected chi connectivity index (χ2v) is 7.18. The number of methoxy groups -OCH3 is 2. The summed E-state index contributed by atoms with van der Waals surface area (Å²) in [4.78, 5) is 25.7. The molecule has 170 valence electrons. The van der Waals surface area contributed by atoms with E-state index in [2.05, 4.69) is 15.6 Å². The highest BCUT2D eigenvalue weighted by Gasteiger charge is 2.18. The molecule has 0 saturated carbocycles. The van der Waals surface area contributed by atoms with E-state index in [1.165, 1.54) is 20.4 Å². The van der Waals surface area contributed by atoms with Crippen LogP contribution >= 0.6 is 0 Å². The molecule has 1 aromatic heterocycles. The third kappa shape index (κ3) is 4.86. The second-order valence-electron chi connectivity index (χ2n) is 7.18. The smallest absolute Gasteiger partial charge is 0.271 e. The highest BCUT2D eigenvalue weighted by molar-refractivity contribution is 6.12. The van der Waals surface area contributed by atoms with Gasteiger partial charge in [0.05, 0.1) is 26.1 Å². The van der Waals surface area contributed by atoms with E-state index in [4.69, 9.17) is 9.47 Å². The van der Waals surface area contributed by atoms with Gasteiger partial charge in [-0.1, -0.05) is 48.5 Å². The molecule has 0 fully saturated rings. The Bertz CT molecular complexity index is 1330. The maximum Gasteiger partial charge on any atom is 0.271 e. The number of rotatable bonds is 8. The standard InChI is InChI=1S/C26H22N4O4/c1-33-22-14-13-19(15-23(22)34-2)26(32)28-27-16-20-17-30(21-11-7-4-8-12-21)29-24(20)25(31)18-9-5-3-6-10-18/h3-17H,1-2H3,(H,28,32)/b27-16-. The number of carbonyl (C=O) groups is 2. The zero-order valence-electron chi connectivity index (χ0n) is 18.6. The molecule has 34 heavy (non-hydrogen) atoms. The van der Waals surface area contributed by atoms with E-state index in [0.29, 0.717) is 28.2 Å². The van der Waals surface area contributed by atoms with Crippen molar-refractivity contribution in [3.8, 4) is 17.2 Å². The Morgan fingerprint density at radius 3 is 2.24 bits per heavy atom. The summed E-state index contributed by atoms with van der Waals surface area (Å²) in [6.07, 6.45) is 3.10. The Morgan fingerprint density at radius 2 is 1.56 bits per heavy atom. The first-order valence-corrected chi connectivity index (χ1v) is 10.4. The van der Waals surface area contributed by atoms with Crippen LogP contribution in [0.1, 0.15) is 32.0 Å². The molecule has 1 amide bonds. The van der Waals surface area contributed by atoms with Crippen LogP contribution in [0.15, 0.2) is 90.2 Å². The number of ether oxygens (including phenoxy) is 2. The van der Waals surface area contributed by atoms with Crippen LogP contribution in [0.2, 0.25) is 0 Å². The van der Waals surface area contributed by atoms with Crippen molar-refractivity contribution in [2.45, 2.75) is 0 Å². The first kappa shape index (κ1) is 22.5. The van der Waals surface area contributed by atoms with Crippen LogP contribution in [0.4, 0.5) is 0 Å². The van der Waals surface area contributed by atoms with Crippen molar-refractivity contribution < 1.29 is 19.1 Å². The number of ketones is 1. The van der Waals surface area contributed by atoms with Crippen molar-refractivity contribution in [1.29, 1.82) is 0 Å². The molecule has 3 aromatic carbocycles. The van der Waals surface area contributed by atoms with E-state index in [-0.39, 0.29) is 11.5 Å². The number of amides is 1. The van der Waals surface area contributed by atoms with Crippen LogP contribution in [-0.2, 0) is 0 Å². The molecule has 0 unspecified atom stereocenters. The summed E-state index contributed by atoms with van der Waals surface area (Å²) in [5, 5.41) is 8.54. The first-order valence-electron chi connectivity index (χ1n) is 10.4. The summed E-state index contributed by atoms with van der Waals surface area (Å²) in [7, 11) is 3.01. The van der Waals surface area contributed by atoms with Gasteiger partial charge in [-0.25, -0.2) is 10.1 Å². The number of hydrazone groups is 1. The quantitative estimate of drug-likeness (QED) is 0.248. The number of benzene rings is 3. The van der Waals surface area contributed by atoms with Gasteiger partial charge in [-0.2, -0.15) is 10.2 Å². The SMILES string of the molecule is COc1ccc(C(=O)N/N=C\c2cn(-c3ccccc3)nc2C(=O)c2ccccc2)cc1OC. The monoisotopic (exact) mass is 454 g/mol. The van der Waals surface area contributed by atoms with Gasteiger partial charge >= 0.3 is 0 Å². The van der Waals surface area contributed by atoms with Gasteiger partial charge < -0.3 is 9.47 Å². The predicted molar refractivity (Wildman–Crippen MR) is 128 cm³/mol. The van der Waals surface area contributed by atoms with E-state index in [1.807, 2.05) is 36.4 Å². The molecule has 4 rings (SSSR count). The molecule has 0 aliphatic heterocycles. The van der Waals surface area contributed by atoms with Crippen LogP contribution in [-0.4, -0.2) is 41.9 Å². The summed E-state index contributed by atoms with van der Waals surface area (Å²) in [5.74, 6) is 0.255. The van der Waals surface area contributed by atoms with Crippen LogP contribution in [0.5, 0.6) is 11.5 Å². The second kappa shape index (κ2) is 10.3. The maximum atomic E-state index is 13.1. The molecule has 0 saturated heterocycles. The number of aromatic nitrogens is 2. The number of carbonyl (C=O) groups excluding carboxylic acids is 2. The van der Waals surface area contributed by atoms with E-state index in [1.54, 1.807) is 53.3 Å². The zero-order chi connectivity index (χ0) is 23.9. The van der Waals surface area contributed by atoms with Crippen LogP contribution in [0.25, 0.3) is 5.69 Å². The van der Waals surface area contributed by atoms with Crippen molar-refractivity contribution in [3.05, 3.63) is 107 Å². The van der Waals surface area contributed by atoms with Crippen molar-refractivity contribution >= 4 is 17.9 Å². The van der Waals surface area contributed by atoms with Gasteiger partial charge in [0, 0.05) is 22.9 Å². The molecular weight excluding hydrogens is 432 g/mol. The van der Waals surface area contributed by atoms with Gasteiger partial charge in [0.1, 0.15) is 5.69 Å². The topological polar surface area (TPSA) is 94.8 Å². The lowest BCUT2D eigenvalue weighted by Gasteiger charge is -2.08. The lowest BCUT2D eigenvalue weighted by Crippen LogP contribution is -2.18. The van der Waals surface area contributed by atoms with Gasteiger partial charge in [-0.3, -0.25) is 9.59 Å². The van der Waals surface area contributed by atoms with Gasteiger partial charge in [-0.15, -0.1) is 0 Å². The fraction of sp³-hybridized carbons (Fsp3) is 0.0769. The lowest BCUT2D eigenvalue weighted by atomic mass is 10.1. The number of nitrogens with zero attached hydrogens (tertiary/aromatic N) is 3. The summed E-state index contributed by atoms with van der Waals surface area (Å²) in [6.45, 7) is 0. The Morgan fingerprint density at radius 1 is 0.882 bits per heavy atom. The summed E-state index contributed by atoms with van der Waals surface area (Å²) >= 11 is 0. The largest absolute Gasteiger partial charge is 0.493 e. The van der Waals surface area contributed by atoms with E-state index in [0.717, 1.165) is 5.69 Å². The van der Waals surface area contributed by atoms with Crippen molar-refractivity contribution in [3.63, 3.8) is 0 Å². The molecule has 0 spiro atoms. The Labute approximate surface area is 196 Å². The van der Waals surface area contributed by atoms with E-state index in [9.17, 15) is 9.59 Å². The highest BCUT2D eigenvalue weighted by atomic mass is 16.5. The molecule has 8 heteroatoms. The molecule has 0 atom stereocenters. The van der Waals surface area contributed by atoms with E-state index >= 15 is 0 Å². The minimum absolute atomic E-state index is 0.221. The van der Waals surface area contributed by atoms with Crippen LogP contribution < -0.4 is 14.9 Å². The minimum Gasteiger partial charge on any atom is -0.493 e. The number of nitrogens with one attached hydrogen (secondary N) is 1. The number of para-hydroxylation sites is 1. The lowest BCUT2D eigenvalue weighted by molar-refractivity contribution is 0.0954. The van der Waals surface area contributed by atoms with Crippen molar-refractivity contribution in [1.82, 2.24) is 15.2 Å². The van der Waals surface area contributed by atoms with Gasteiger partial charge in [-0.05, 0) is 30.3 Å². The molecule has 8 nitrogen and oxygen atoms in total. The average molecular weight is 454 g/mol. The van der Waals surface area contributed by atoms with Crippen molar-refractivity contribution in [2.24, 2.45) is 5.10 Å². The zero-order valence-corrected chi connectivity index (χ0v) is 18.6. The molecule has 0 aliphatic carbocycles. The van der Waals surface area contributed by atoms with Crippen LogP contribution in [0.3, 0.4) is 0 Å². The number of hydrogen-bond donors (Lipinski definition) is 1. The minimum atomic E-state index is -0.441. The molecule has 1 heterocycles. The normalized spacial score (nSPS) is 10.8. The van der Waals surface area contributed by atoms with Gasteiger partial charge in [0.15, 0.2) is 11.5 Å². The Balaban J connectivity index is 1.61. The summed E-state index contributed by atoms with van der Waals surface area (Å²) < 4.78 is 12.0. The Kier molecular flexibility index (Phi) is 6.78. The van der Waals surface area contributed by atoms with Gasteiger partial charge in [0.25, 0.3) is 5.91 Å².